The minimum Gasteiger partial charge on any atom is -0.496 e. The highest BCUT2D eigenvalue weighted by Gasteiger charge is 2.18. The van der Waals surface area contributed by atoms with Crippen LogP contribution in [0.3, 0.4) is 0 Å². The summed E-state index contributed by atoms with van der Waals surface area (Å²) in [6.45, 7) is -0.0511. The van der Waals surface area contributed by atoms with Gasteiger partial charge in [-0.2, -0.15) is 0 Å². The van der Waals surface area contributed by atoms with Gasteiger partial charge < -0.3 is 15.6 Å². The standard InChI is InChI=1S/C15H23NO2/c1-18-15-8-7-12(9-13(15)14(16)10-17)11-5-3-2-4-6-11/h7-9,11,14,17H,2-6,10,16H2,1H3. The van der Waals surface area contributed by atoms with E-state index in [0.29, 0.717) is 5.92 Å². The summed E-state index contributed by atoms with van der Waals surface area (Å²) >= 11 is 0. The van der Waals surface area contributed by atoms with Crippen LogP contribution in [0, 0.1) is 0 Å². The van der Waals surface area contributed by atoms with Gasteiger partial charge >= 0.3 is 0 Å². The summed E-state index contributed by atoms with van der Waals surface area (Å²) in [6.07, 6.45) is 6.52. The van der Waals surface area contributed by atoms with Crippen molar-refractivity contribution in [3.63, 3.8) is 0 Å². The van der Waals surface area contributed by atoms with Crippen molar-refractivity contribution in [2.24, 2.45) is 5.73 Å². The summed E-state index contributed by atoms with van der Waals surface area (Å²) in [6, 6.07) is 5.89. The number of methoxy groups -OCH3 is 1. The maximum absolute atomic E-state index is 9.23. The van der Waals surface area contributed by atoms with Crippen LogP contribution in [0.1, 0.15) is 55.2 Å². The van der Waals surface area contributed by atoms with Crippen molar-refractivity contribution < 1.29 is 9.84 Å². The predicted molar refractivity (Wildman–Crippen MR) is 72.8 cm³/mol. The smallest absolute Gasteiger partial charge is 0.123 e. The Balaban J connectivity index is 2.26. The normalized spacial score (nSPS) is 18.6. The third-order valence-corrected chi connectivity index (χ3v) is 3.93. The number of nitrogens with two attached hydrogens (primary N) is 1. The second kappa shape index (κ2) is 6.21. The molecule has 0 saturated heterocycles. The van der Waals surface area contributed by atoms with Gasteiger partial charge in [-0.25, -0.2) is 0 Å². The largest absolute Gasteiger partial charge is 0.496 e. The van der Waals surface area contributed by atoms with Crippen molar-refractivity contribution in [1.82, 2.24) is 0 Å². The van der Waals surface area contributed by atoms with Gasteiger partial charge in [-0.05, 0) is 30.4 Å². The molecule has 1 unspecified atom stereocenters. The van der Waals surface area contributed by atoms with Crippen LogP contribution in [-0.2, 0) is 0 Å². The molecule has 0 radical (unpaired) electrons. The Morgan fingerprint density at radius 2 is 2.06 bits per heavy atom. The molecule has 3 heteroatoms. The van der Waals surface area contributed by atoms with Gasteiger partial charge in [0.2, 0.25) is 0 Å². The maximum atomic E-state index is 9.23. The summed E-state index contributed by atoms with van der Waals surface area (Å²) in [5.41, 5.74) is 8.20. The Bertz CT molecular complexity index is 386. The second-order valence-electron chi connectivity index (χ2n) is 5.13. The first-order chi connectivity index (χ1) is 8.76. The van der Waals surface area contributed by atoms with Crippen LogP contribution in [0.15, 0.2) is 18.2 Å². The molecule has 2 rings (SSSR count). The van der Waals surface area contributed by atoms with Gasteiger partial charge in [0.25, 0.3) is 0 Å². The molecule has 0 aromatic heterocycles. The van der Waals surface area contributed by atoms with E-state index >= 15 is 0 Å². The molecule has 3 N–H and O–H groups in total. The third kappa shape index (κ3) is 2.85. The van der Waals surface area contributed by atoms with E-state index < -0.39 is 0 Å². The molecule has 1 saturated carbocycles. The van der Waals surface area contributed by atoms with E-state index in [2.05, 4.69) is 12.1 Å². The van der Waals surface area contributed by atoms with Crippen LogP contribution in [0.5, 0.6) is 5.75 Å². The number of benzene rings is 1. The Labute approximate surface area is 109 Å². The van der Waals surface area contributed by atoms with Crippen LogP contribution < -0.4 is 10.5 Å². The van der Waals surface area contributed by atoms with Gasteiger partial charge in [0.05, 0.1) is 19.8 Å². The molecule has 1 fully saturated rings. The van der Waals surface area contributed by atoms with Crippen LogP contribution in [0.2, 0.25) is 0 Å². The van der Waals surface area contributed by atoms with Crippen LogP contribution in [-0.4, -0.2) is 18.8 Å². The lowest BCUT2D eigenvalue weighted by molar-refractivity contribution is 0.264. The van der Waals surface area contributed by atoms with Crippen molar-refractivity contribution >= 4 is 0 Å². The van der Waals surface area contributed by atoms with Crippen molar-refractivity contribution in [2.45, 2.75) is 44.1 Å². The first kappa shape index (κ1) is 13.4. The molecule has 0 bridgehead atoms. The van der Waals surface area contributed by atoms with E-state index in [1.165, 1.54) is 37.7 Å². The summed E-state index contributed by atoms with van der Waals surface area (Å²) in [7, 11) is 1.64. The quantitative estimate of drug-likeness (QED) is 0.862. The molecular formula is C15H23NO2. The van der Waals surface area contributed by atoms with Gasteiger partial charge in [-0.3, -0.25) is 0 Å². The van der Waals surface area contributed by atoms with Crippen molar-refractivity contribution in [1.29, 1.82) is 0 Å². The maximum Gasteiger partial charge on any atom is 0.123 e. The molecule has 1 aromatic rings. The summed E-state index contributed by atoms with van der Waals surface area (Å²) in [4.78, 5) is 0. The van der Waals surface area contributed by atoms with Gasteiger partial charge in [0, 0.05) is 5.56 Å². The number of hydrogen-bond donors (Lipinski definition) is 2. The summed E-state index contributed by atoms with van der Waals surface area (Å²) < 4.78 is 5.32. The molecular weight excluding hydrogens is 226 g/mol. The Kier molecular flexibility index (Phi) is 4.61. The van der Waals surface area contributed by atoms with E-state index in [1.807, 2.05) is 6.07 Å². The second-order valence-corrected chi connectivity index (χ2v) is 5.13. The fraction of sp³-hybridized carbons (Fsp3) is 0.600. The zero-order valence-corrected chi connectivity index (χ0v) is 11.1. The lowest BCUT2D eigenvalue weighted by Crippen LogP contribution is -2.16. The molecule has 0 amide bonds. The van der Waals surface area contributed by atoms with Crippen molar-refractivity contribution in [3.8, 4) is 5.75 Å². The number of aliphatic hydroxyl groups is 1. The molecule has 0 spiro atoms. The summed E-state index contributed by atoms with van der Waals surface area (Å²) in [5.74, 6) is 1.42. The predicted octanol–water partition coefficient (Wildman–Crippen LogP) is 2.73. The van der Waals surface area contributed by atoms with E-state index in [4.69, 9.17) is 10.5 Å². The van der Waals surface area contributed by atoms with E-state index in [0.717, 1.165) is 11.3 Å². The molecule has 0 aliphatic heterocycles. The van der Waals surface area contributed by atoms with Crippen LogP contribution in [0.25, 0.3) is 0 Å². The zero-order valence-electron chi connectivity index (χ0n) is 11.1. The average molecular weight is 249 g/mol. The van der Waals surface area contributed by atoms with Gasteiger partial charge in [0.15, 0.2) is 0 Å². The Morgan fingerprint density at radius 1 is 1.33 bits per heavy atom. The van der Waals surface area contributed by atoms with E-state index in [1.54, 1.807) is 7.11 Å². The number of rotatable bonds is 4. The molecule has 3 nitrogen and oxygen atoms in total. The first-order valence-corrected chi connectivity index (χ1v) is 6.80. The SMILES string of the molecule is COc1ccc(C2CCCCC2)cc1C(N)CO. The lowest BCUT2D eigenvalue weighted by Gasteiger charge is -2.24. The molecule has 0 heterocycles. The average Bonchev–Trinajstić information content (AvgIpc) is 2.46. The van der Waals surface area contributed by atoms with E-state index in [9.17, 15) is 5.11 Å². The number of ether oxygens (including phenoxy) is 1. The minimum absolute atomic E-state index is 0.0511. The molecule has 1 aliphatic carbocycles. The highest BCUT2D eigenvalue weighted by atomic mass is 16.5. The highest BCUT2D eigenvalue weighted by molar-refractivity contribution is 5.40. The molecule has 1 aliphatic rings. The molecule has 18 heavy (non-hydrogen) atoms. The first-order valence-electron chi connectivity index (χ1n) is 6.80. The third-order valence-electron chi connectivity index (χ3n) is 3.93. The Morgan fingerprint density at radius 3 is 2.67 bits per heavy atom. The Hall–Kier alpha value is -1.06. The lowest BCUT2D eigenvalue weighted by atomic mass is 9.83. The minimum atomic E-state index is -0.358. The van der Waals surface area contributed by atoms with Crippen molar-refractivity contribution in [3.05, 3.63) is 29.3 Å². The molecule has 1 aromatic carbocycles. The fourth-order valence-corrected chi connectivity index (χ4v) is 2.83. The monoisotopic (exact) mass is 249 g/mol. The molecule has 1 atom stereocenters. The summed E-state index contributed by atoms with van der Waals surface area (Å²) in [5, 5.41) is 9.23. The van der Waals surface area contributed by atoms with Crippen LogP contribution in [0.4, 0.5) is 0 Å². The molecule has 100 valence electrons. The topological polar surface area (TPSA) is 55.5 Å². The fourth-order valence-electron chi connectivity index (χ4n) is 2.83. The highest BCUT2D eigenvalue weighted by Crippen LogP contribution is 2.35. The number of aliphatic hydroxyl groups excluding tert-OH is 1. The van der Waals surface area contributed by atoms with Crippen LogP contribution >= 0.6 is 0 Å². The van der Waals surface area contributed by atoms with Gasteiger partial charge in [-0.1, -0.05) is 31.4 Å². The van der Waals surface area contributed by atoms with E-state index in [-0.39, 0.29) is 12.6 Å². The van der Waals surface area contributed by atoms with Gasteiger partial charge in [0.1, 0.15) is 5.75 Å². The number of hydrogen-bond acceptors (Lipinski definition) is 3. The zero-order chi connectivity index (χ0) is 13.0. The van der Waals surface area contributed by atoms with Gasteiger partial charge in [-0.15, -0.1) is 0 Å². The van der Waals surface area contributed by atoms with Crippen molar-refractivity contribution in [2.75, 3.05) is 13.7 Å².